The maximum atomic E-state index is 12.4. The number of aliphatic hydroxyl groups is 1. The van der Waals surface area contributed by atoms with Crippen LogP contribution in [-0.4, -0.2) is 86.4 Å². The number of carbonyl (C=O) groups is 3. The zero-order valence-electron chi connectivity index (χ0n) is 17.4. The normalized spacial score (nSPS) is 31.6. The van der Waals surface area contributed by atoms with Crippen molar-refractivity contribution in [3.63, 3.8) is 0 Å². The van der Waals surface area contributed by atoms with Gasteiger partial charge >= 0.3 is 5.97 Å². The van der Waals surface area contributed by atoms with Gasteiger partial charge in [-0.1, -0.05) is 6.92 Å². The number of carboxylic acids is 1. The first-order valence-corrected chi connectivity index (χ1v) is 12.1. The standard InChI is InChI=1S/C19H30N4O5S2/c1-9-15-14(10(2)24)18(26)23(15)16(19(27)28)17(9)30-12-6-11(21-7-12)8-29-5-4-13(25)22(3)20/h9-12,14-15,21,24H,4-8,20H2,1-3H3,(H,27,28)/t9-,10-,11+,12+,14-,15-/m1/s1. The second-order valence-electron chi connectivity index (χ2n) is 8.18. The van der Waals surface area contributed by atoms with Crippen LogP contribution >= 0.6 is 23.5 Å². The minimum absolute atomic E-state index is 0.0849. The summed E-state index contributed by atoms with van der Waals surface area (Å²) in [6.45, 7) is 4.29. The SMILES string of the molecule is C[C@@H](O)[C@H]1C(=O)N2C(C(=O)O)=C(S[C@@H]3CN[C@H](CSCCC(=O)N(C)N)C3)[C@H](C)[C@H]12. The number of nitrogens with two attached hydrogens (primary N) is 1. The van der Waals surface area contributed by atoms with E-state index in [1.54, 1.807) is 30.4 Å². The summed E-state index contributed by atoms with van der Waals surface area (Å²) in [6, 6.07) is 0.0256. The molecular weight excluding hydrogens is 428 g/mol. The molecule has 3 heterocycles. The van der Waals surface area contributed by atoms with Crippen molar-refractivity contribution in [3.8, 4) is 0 Å². The zero-order valence-corrected chi connectivity index (χ0v) is 19.0. The van der Waals surface area contributed by atoms with Crippen LogP contribution < -0.4 is 11.2 Å². The van der Waals surface area contributed by atoms with Crippen LogP contribution in [0.15, 0.2) is 10.6 Å². The van der Waals surface area contributed by atoms with E-state index >= 15 is 0 Å². The number of fused-ring (bicyclic) bond motifs is 1. The molecule has 0 aromatic rings. The summed E-state index contributed by atoms with van der Waals surface area (Å²) in [5.74, 6) is 4.88. The first-order chi connectivity index (χ1) is 14.1. The molecule has 0 aromatic carbocycles. The van der Waals surface area contributed by atoms with Crippen molar-refractivity contribution in [1.29, 1.82) is 0 Å². The fraction of sp³-hybridized carbons (Fsp3) is 0.737. The van der Waals surface area contributed by atoms with Gasteiger partial charge in [0.15, 0.2) is 0 Å². The van der Waals surface area contributed by atoms with E-state index in [1.807, 2.05) is 6.92 Å². The number of nitrogens with zero attached hydrogens (tertiary/aromatic N) is 2. The number of hydrogen-bond donors (Lipinski definition) is 4. The third-order valence-corrected chi connectivity index (χ3v) is 8.60. The monoisotopic (exact) mass is 458 g/mol. The highest BCUT2D eigenvalue weighted by atomic mass is 32.2. The lowest BCUT2D eigenvalue weighted by molar-refractivity contribution is -0.163. The molecule has 30 heavy (non-hydrogen) atoms. The summed E-state index contributed by atoms with van der Waals surface area (Å²) in [7, 11) is 1.54. The lowest BCUT2D eigenvalue weighted by Crippen LogP contribution is -2.63. The molecule has 5 N–H and O–H groups in total. The molecule has 0 bridgehead atoms. The van der Waals surface area contributed by atoms with Gasteiger partial charge in [-0.25, -0.2) is 10.6 Å². The van der Waals surface area contributed by atoms with Gasteiger partial charge in [0.1, 0.15) is 5.70 Å². The first kappa shape index (κ1) is 23.4. The molecular formula is C19H30N4O5S2. The van der Waals surface area contributed by atoms with Crippen LogP contribution in [0.1, 0.15) is 26.7 Å². The van der Waals surface area contributed by atoms with Gasteiger partial charge in [-0.15, -0.1) is 11.8 Å². The van der Waals surface area contributed by atoms with Crippen LogP contribution in [0, 0.1) is 11.8 Å². The van der Waals surface area contributed by atoms with Gasteiger partial charge in [-0.05, 0) is 13.3 Å². The highest BCUT2D eigenvalue weighted by Gasteiger charge is 2.60. The van der Waals surface area contributed by atoms with Crippen LogP contribution in [0.4, 0.5) is 0 Å². The van der Waals surface area contributed by atoms with E-state index in [-0.39, 0.29) is 34.7 Å². The van der Waals surface area contributed by atoms with Crippen LogP contribution in [0.5, 0.6) is 0 Å². The maximum absolute atomic E-state index is 12.4. The number of carbonyl (C=O) groups excluding carboxylic acids is 2. The maximum Gasteiger partial charge on any atom is 0.353 e. The number of thioether (sulfide) groups is 2. The van der Waals surface area contributed by atoms with Crippen LogP contribution in [0.2, 0.25) is 0 Å². The van der Waals surface area contributed by atoms with E-state index in [9.17, 15) is 24.6 Å². The predicted octanol–water partition coefficient (Wildman–Crippen LogP) is 0.0592. The molecule has 0 spiro atoms. The lowest BCUT2D eigenvalue weighted by atomic mass is 9.79. The fourth-order valence-electron chi connectivity index (χ4n) is 4.42. The Labute approximate surface area is 184 Å². The molecule has 2 amide bonds. The third kappa shape index (κ3) is 4.50. The summed E-state index contributed by atoms with van der Waals surface area (Å²) in [5, 5.41) is 24.5. The quantitative estimate of drug-likeness (QED) is 0.124. The molecule has 168 valence electrons. The summed E-state index contributed by atoms with van der Waals surface area (Å²) in [6.07, 6.45) is 0.510. The molecule has 0 radical (unpaired) electrons. The molecule has 3 aliphatic heterocycles. The van der Waals surface area contributed by atoms with Crippen molar-refractivity contribution in [1.82, 2.24) is 15.2 Å². The number of rotatable bonds is 9. The van der Waals surface area contributed by atoms with Gasteiger partial charge in [0.25, 0.3) is 0 Å². The lowest BCUT2D eigenvalue weighted by Gasteiger charge is -2.46. The van der Waals surface area contributed by atoms with Crippen molar-refractivity contribution in [2.24, 2.45) is 17.7 Å². The van der Waals surface area contributed by atoms with Crippen molar-refractivity contribution in [3.05, 3.63) is 10.6 Å². The fourth-order valence-corrected chi connectivity index (χ4v) is 6.96. The molecule has 0 aliphatic carbocycles. The molecule has 3 rings (SSSR count). The predicted molar refractivity (Wildman–Crippen MR) is 116 cm³/mol. The van der Waals surface area contributed by atoms with E-state index in [1.165, 1.54) is 11.9 Å². The number of carboxylic acid groups (broad SMARTS) is 1. The highest BCUT2D eigenvalue weighted by molar-refractivity contribution is 8.03. The molecule has 0 unspecified atom stereocenters. The summed E-state index contributed by atoms with van der Waals surface area (Å²) >= 11 is 3.25. The Bertz CT molecular complexity index is 744. The van der Waals surface area contributed by atoms with E-state index in [0.29, 0.717) is 18.2 Å². The Morgan fingerprint density at radius 1 is 1.43 bits per heavy atom. The smallest absolute Gasteiger partial charge is 0.353 e. The van der Waals surface area contributed by atoms with E-state index in [2.05, 4.69) is 5.32 Å². The van der Waals surface area contributed by atoms with Gasteiger partial charge in [-0.3, -0.25) is 14.6 Å². The van der Waals surface area contributed by atoms with Crippen molar-refractivity contribution in [2.75, 3.05) is 25.1 Å². The highest BCUT2D eigenvalue weighted by Crippen LogP contribution is 2.51. The Kier molecular flexibility index (Phi) is 7.39. The van der Waals surface area contributed by atoms with Gasteiger partial charge in [0, 0.05) is 53.6 Å². The average molecular weight is 459 g/mol. The van der Waals surface area contributed by atoms with Gasteiger partial charge in [-0.2, -0.15) is 11.8 Å². The van der Waals surface area contributed by atoms with Crippen LogP contribution in [-0.2, 0) is 14.4 Å². The van der Waals surface area contributed by atoms with E-state index in [0.717, 1.165) is 28.6 Å². The largest absolute Gasteiger partial charge is 0.477 e. The summed E-state index contributed by atoms with van der Waals surface area (Å²) in [4.78, 5) is 37.9. The van der Waals surface area contributed by atoms with E-state index < -0.39 is 18.0 Å². The second-order valence-corrected chi connectivity index (χ2v) is 10.7. The number of β-lactam (4-membered cyclic amide) rings is 1. The number of hydrogen-bond acceptors (Lipinski definition) is 8. The topological polar surface area (TPSA) is 136 Å². The van der Waals surface area contributed by atoms with Gasteiger partial charge < -0.3 is 20.4 Å². The molecule has 9 nitrogen and oxygen atoms in total. The molecule has 2 saturated heterocycles. The van der Waals surface area contributed by atoms with E-state index in [4.69, 9.17) is 5.84 Å². The number of nitrogens with one attached hydrogen (secondary N) is 1. The number of aliphatic hydroxyl groups excluding tert-OH is 1. The minimum atomic E-state index is -1.09. The van der Waals surface area contributed by atoms with Gasteiger partial charge in [0.05, 0.1) is 18.1 Å². The number of aliphatic carboxylic acids is 1. The molecule has 11 heteroatoms. The minimum Gasteiger partial charge on any atom is -0.477 e. The van der Waals surface area contributed by atoms with Crippen LogP contribution in [0.3, 0.4) is 0 Å². The Morgan fingerprint density at radius 3 is 2.73 bits per heavy atom. The van der Waals surface area contributed by atoms with Crippen LogP contribution in [0.25, 0.3) is 0 Å². The van der Waals surface area contributed by atoms with Crippen molar-refractivity contribution in [2.45, 2.75) is 50.1 Å². The summed E-state index contributed by atoms with van der Waals surface area (Å²) in [5.41, 5.74) is 0.0849. The molecule has 2 fully saturated rings. The Hall–Kier alpha value is -1.27. The first-order valence-electron chi connectivity index (χ1n) is 10.1. The van der Waals surface area contributed by atoms with Crippen molar-refractivity contribution >= 4 is 41.3 Å². The number of amides is 2. The molecule has 3 aliphatic rings. The third-order valence-electron chi connectivity index (χ3n) is 5.96. The zero-order chi connectivity index (χ0) is 22.2. The second kappa shape index (κ2) is 9.47. The van der Waals surface area contributed by atoms with Crippen molar-refractivity contribution < 1.29 is 24.6 Å². The average Bonchev–Trinajstić information content (AvgIpc) is 3.20. The molecule has 6 atom stereocenters. The van der Waals surface area contributed by atoms with Gasteiger partial charge in [0.2, 0.25) is 11.8 Å². The molecule has 0 aromatic heterocycles. The molecule has 0 saturated carbocycles. The number of hydrazine groups is 1. The summed E-state index contributed by atoms with van der Waals surface area (Å²) < 4.78 is 0. The Morgan fingerprint density at radius 2 is 2.13 bits per heavy atom. The Balaban J connectivity index is 1.55.